The van der Waals surface area contributed by atoms with Gasteiger partial charge in [-0.1, -0.05) is 17.7 Å². The van der Waals surface area contributed by atoms with Crippen molar-refractivity contribution in [2.45, 2.75) is 56.1 Å². The Bertz CT molecular complexity index is 695. The smallest absolute Gasteiger partial charge is 0.297 e. The van der Waals surface area contributed by atoms with E-state index in [1.807, 2.05) is 6.92 Å². The minimum absolute atomic E-state index is 0.00868. The standard InChI is InChI=1S/C15H18O7S/c1-9-4-6-10(7-5-9)23(17,18)22-12-11(8-16)19-14-13(12)20-15(2,3)21-14/h4-8,11-14H,1-3H3/t11-,12-,13+,14+/m1/s1. The number of carbonyl (C=O) groups is 1. The molecule has 0 bridgehead atoms. The highest BCUT2D eigenvalue weighted by molar-refractivity contribution is 7.86. The van der Waals surface area contributed by atoms with Gasteiger partial charge in [-0.3, -0.25) is 4.18 Å². The molecule has 2 saturated heterocycles. The molecule has 2 aliphatic heterocycles. The van der Waals surface area contributed by atoms with Crippen LogP contribution in [0.25, 0.3) is 0 Å². The summed E-state index contributed by atoms with van der Waals surface area (Å²) in [6, 6.07) is 6.23. The number of hydrogen-bond acceptors (Lipinski definition) is 7. The summed E-state index contributed by atoms with van der Waals surface area (Å²) in [6.07, 6.45) is -3.29. The molecule has 2 heterocycles. The van der Waals surface area contributed by atoms with Gasteiger partial charge in [-0.15, -0.1) is 0 Å². The second kappa shape index (κ2) is 5.64. The largest absolute Gasteiger partial charge is 0.339 e. The first kappa shape index (κ1) is 16.5. The van der Waals surface area contributed by atoms with E-state index in [4.69, 9.17) is 18.4 Å². The van der Waals surface area contributed by atoms with Crippen molar-refractivity contribution < 1.29 is 31.6 Å². The summed E-state index contributed by atoms with van der Waals surface area (Å²) in [4.78, 5) is 11.2. The van der Waals surface area contributed by atoms with E-state index in [1.54, 1.807) is 26.0 Å². The van der Waals surface area contributed by atoms with Crippen LogP contribution in [0.15, 0.2) is 29.2 Å². The predicted octanol–water partition coefficient (Wildman–Crippen LogP) is 1.14. The summed E-state index contributed by atoms with van der Waals surface area (Å²) in [7, 11) is -4.05. The van der Waals surface area contributed by atoms with Crippen LogP contribution >= 0.6 is 0 Å². The van der Waals surface area contributed by atoms with Crippen LogP contribution in [0.2, 0.25) is 0 Å². The number of ether oxygens (including phenoxy) is 3. The minimum Gasteiger partial charge on any atom is -0.339 e. The van der Waals surface area contributed by atoms with Gasteiger partial charge in [0, 0.05) is 0 Å². The fourth-order valence-corrected chi connectivity index (χ4v) is 3.72. The lowest BCUT2D eigenvalue weighted by molar-refractivity contribution is -0.210. The maximum absolute atomic E-state index is 12.4. The molecule has 1 aromatic rings. The van der Waals surface area contributed by atoms with Crippen molar-refractivity contribution in [3.05, 3.63) is 29.8 Å². The molecule has 0 unspecified atom stereocenters. The SMILES string of the molecule is Cc1ccc(S(=O)(=O)O[C@H]2[C@@H]3OC(C)(C)O[C@@H]3O[C@@H]2C=O)cc1. The molecule has 0 spiro atoms. The molecular weight excluding hydrogens is 324 g/mol. The highest BCUT2D eigenvalue weighted by Gasteiger charge is 2.56. The van der Waals surface area contributed by atoms with Crippen LogP contribution in [-0.2, 0) is 33.3 Å². The van der Waals surface area contributed by atoms with Gasteiger partial charge in [-0.05, 0) is 32.9 Å². The lowest BCUT2D eigenvalue weighted by atomic mass is 10.1. The maximum atomic E-state index is 12.4. The maximum Gasteiger partial charge on any atom is 0.297 e. The predicted molar refractivity (Wildman–Crippen MR) is 78.0 cm³/mol. The summed E-state index contributed by atoms with van der Waals surface area (Å²) in [5.41, 5.74) is 0.924. The molecule has 0 N–H and O–H groups in total. The van der Waals surface area contributed by atoms with Crippen molar-refractivity contribution in [1.82, 2.24) is 0 Å². The highest BCUT2D eigenvalue weighted by Crippen LogP contribution is 2.39. The average Bonchev–Trinajstić information content (AvgIpc) is 2.92. The van der Waals surface area contributed by atoms with Crippen LogP contribution in [0.4, 0.5) is 0 Å². The number of carbonyl (C=O) groups excluding carboxylic acids is 1. The zero-order valence-corrected chi connectivity index (χ0v) is 13.8. The summed E-state index contributed by atoms with van der Waals surface area (Å²) in [5, 5.41) is 0. The highest BCUT2D eigenvalue weighted by atomic mass is 32.2. The van der Waals surface area contributed by atoms with Crippen LogP contribution in [0.1, 0.15) is 19.4 Å². The molecule has 23 heavy (non-hydrogen) atoms. The van der Waals surface area contributed by atoms with Crippen molar-refractivity contribution in [2.24, 2.45) is 0 Å². The molecule has 0 aromatic heterocycles. The van der Waals surface area contributed by atoms with E-state index < -0.39 is 40.5 Å². The molecule has 4 atom stereocenters. The molecule has 2 aliphatic rings. The molecule has 0 amide bonds. The van der Waals surface area contributed by atoms with Gasteiger partial charge in [0.15, 0.2) is 18.4 Å². The summed E-state index contributed by atoms with van der Waals surface area (Å²) in [6.45, 7) is 5.20. The monoisotopic (exact) mass is 342 g/mol. The van der Waals surface area contributed by atoms with Gasteiger partial charge in [-0.25, -0.2) is 0 Å². The lowest BCUT2D eigenvalue weighted by Gasteiger charge is -2.23. The second-order valence-corrected chi connectivity index (χ2v) is 7.61. The molecule has 3 rings (SSSR count). The van der Waals surface area contributed by atoms with E-state index in [9.17, 15) is 13.2 Å². The van der Waals surface area contributed by atoms with Crippen LogP contribution in [-0.4, -0.2) is 45.1 Å². The molecule has 0 aliphatic carbocycles. The Morgan fingerprint density at radius 3 is 2.43 bits per heavy atom. The molecule has 0 radical (unpaired) electrons. The lowest BCUT2D eigenvalue weighted by Crippen LogP contribution is -2.39. The van der Waals surface area contributed by atoms with E-state index in [0.717, 1.165) is 5.56 Å². The first-order valence-electron chi connectivity index (χ1n) is 7.18. The molecule has 8 heteroatoms. The Balaban J connectivity index is 1.84. The van der Waals surface area contributed by atoms with Gasteiger partial charge in [0.25, 0.3) is 10.1 Å². The zero-order valence-electron chi connectivity index (χ0n) is 13.0. The van der Waals surface area contributed by atoms with E-state index in [2.05, 4.69) is 0 Å². The molecular formula is C15H18O7S. The van der Waals surface area contributed by atoms with Crippen LogP contribution in [0.3, 0.4) is 0 Å². The van der Waals surface area contributed by atoms with Gasteiger partial charge < -0.3 is 19.0 Å². The Hall–Kier alpha value is -1.32. The van der Waals surface area contributed by atoms with Crippen molar-refractivity contribution in [2.75, 3.05) is 0 Å². The Morgan fingerprint density at radius 1 is 1.17 bits per heavy atom. The first-order valence-corrected chi connectivity index (χ1v) is 8.59. The van der Waals surface area contributed by atoms with Gasteiger partial charge in [-0.2, -0.15) is 8.42 Å². The summed E-state index contributed by atoms with van der Waals surface area (Å²) in [5.74, 6) is -0.932. The zero-order chi connectivity index (χ0) is 16.8. The minimum atomic E-state index is -4.05. The van der Waals surface area contributed by atoms with Crippen molar-refractivity contribution >= 4 is 16.4 Å². The second-order valence-electron chi connectivity index (χ2n) is 6.03. The fourth-order valence-electron chi connectivity index (χ4n) is 2.63. The molecule has 2 fully saturated rings. The van der Waals surface area contributed by atoms with Gasteiger partial charge in [0.2, 0.25) is 0 Å². The number of aldehydes is 1. The average molecular weight is 342 g/mol. The first-order chi connectivity index (χ1) is 10.7. The summed E-state index contributed by atoms with van der Waals surface area (Å²) >= 11 is 0. The third-order valence-electron chi connectivity index (χ3n) is 3.71. The van der Waals surface area contributed by atoms with Crippen molar-refractivity contribution in [1.29, 1.82) is 0 Å². The molecule has 126 valence electrons. The van der Waals surface area contributed by atoms with Crippen LogP contribution < -0.4 is 0 Å². The molecule has 0 saturated carbocycles. The van der Waals surface area contributed by atoms with Crippen molar-refractivity contribution in [3.8, 4) is 0 Å². The molecule has 7 nitrogen and oxygen atoms in total. The Labute approximate surface area is 134 Å². The van der Waals surface area contributed by atoms with E-state index in [-0.39, 0.29) is 4.90 Å². The van der Waals surface area contributed by atoms with Gasteiger partial charge in [0.05, 0.1) is 4.90 Å². The number of aryl methyl sites for hydroxylation is 1. The third kappa shape index (κ3) is 3.17. The Kier molecular flexibility index (Phi) is 4.06. The van der Waals surface area contributed by atoms with E-state index in [1.165, 1.54) is 12.1 Å². The van der Waals surface area contributed by atoms with Crippen LogP contribution in [0.5, 0.6) is 0 Å². The number of fused-ring (bicyclic) bond motifs is 1. The Morgan fingerprint density at radius 2 is 1.83 bits per heavy atom. The molecule has 1 aromatic carbocycles. The van der Waals surface area contributed by atoms with Gasteiger partial charge >= 0.3 is 0 Å². The number of hydrogen-bond donors (Lipinski definition) is 0. The normalized spacial score (nSPS) is 32.7. The van der Waals surface area contributed by atoms with Crippen LogP contribution in [0, 0.1) is 6.92 Å². The number of rotatable bonds is 4. The van der Waals surface area contributed by atoms with E-state index >= 15 is 0 Å². The topological polar surface area (TPSA) is 88.1 Å². The quantitative estimate of drug-likeness (QED) is 0.599. The van der Waals surface area contributed by atoms with Gasteiger partial charge in [0.1, 0.15) is 18.3 Å². The fraction of sp³-hybridized carbons (Fsp3) is 0.533. The van der Waals surface area contributed by atoms with Crippen molar-refractivity contribution in [3.63, 3.8) is 0 Å². The number of benzene rings is 1. The van der Waals surface area contributed by atoms with E-state index in [0.29, 0.717) is 6.29 Å². The summed E-state index contributed by atoms with van der Waals surface area (Å²) < 4.78 is 46.6. The third-order valence-corrected chi connectivity index (χ3v) is 5.03.